The van der Waals surface area contributed by atoms with E-state index in [4.69, 9.17) is 0 Å². The lowest BCUT2D eigenvalue weighted by Crippen LogP contribution is -2.20. The summed E-state index contributed by atoms with van der Waals surface area (Å²) in [5.41, 5.74) is 0.354. The fourth-order valence-electron chi connectivity index (χ4n) is 2.63. The van der Waals surface area contributed by atoms with Crippen molar-refractivity contribution in [3.05, 3.63) is 22.4 Å². The number of H-pyrrole nitrogens is 1. The van der Waals surface area contributed by atoms with Crippen LogP contribution < -0.4 is 11.0 Å². The molecule has 7 nitrogen and oxygen atoms in total. The van der Waals surface area contributed by atoms with Crippen LogP contribution in [0.25, 0.3) is 5.65 Å². The summed E-state index contributed by atoms with van der Waals surface area (Å²) < 4.78 is 1.47. The fraction of sp³-hybridized carbons (Fsp3) is 0.583. The molecule has 102 valence electrons. The van der Waals surface area contributed by atoms with Crippen LogP contribution in [0.2, 0.25) is 0 Å². The normalized spacial score (nSPS) is 20.2. The summed E-state index contributed by atoms with van der Waals surface area (Å²) in [6.45, 7) is 4.99. The number of hydrogen-bond acceptors (Lipinski definition) is 5. The molecule has 7 heteroatoms. The van der Waals surface area contributed by atoms with E-state index in [0.29, 0.717) is 17.4 Å². The predicted molar refractivity (Wildman–Crippen MR) is 72.4 cm³/mol. The minimum Gasteiger partial charge on any atom is -0.370 e. The van der Waals surface area contributed by atoms with Crippen molar-refractivity contribution in [3.8, 4) is 0 Å². The van der Waals surface area contributed by atoms with Crippen molar-refractivity contribution in [1.82, 2.24) is 24.5 Å². The van der Waals surface area contributed by atoms with E-state index in [2.05, 4.69) is 32.4 Å². The standard InChI is InChI=1S/C12H18N6O/c1-8-14-10(5-11-15-16-12(19)18(8)11)13-6-9-3-4-17(2)7-9/h5,9,13H,3-4,6-7H2,1-2H3,(H,16,19). The molecule has 2 aromatic heterocycles. The van der Waals surface area contributed by atoms with E-state index in [1.54, 1.807) is 13.0 Å². The van der Waals surface area contributed by atoms with E-state index >= 15 is 0 Å². The van der Waals surface area contributed by atoms with Gasteiger partial charge in [-0.2, -0.15) is 5.10 Å². The van der Waals surface area contributed by atoms with Gasteiger partial charge in [-0.3, -0.25) is 0 Å². The van der Waals surface area contributed by atoms with Gasteiger partial charge in [0.2, 0.25) is 0 Å². The molecule has 1 unspecified atom stereocenters. The van der Waals surface area contributed by atoms with Crippen molar-refractivity contribution in [2.75, 3.05) is 32.0 Å². The van der Waals surface area contributed by atoms with E-state index in [-0.39, 0.29) is 5.69 Å². The second-order valence-electron chi connectivity index (χ2n) is 5.21. The highest BCUT2D eigenvalue weighted by atomic mass is 16.1. The van der Waals surface area contributed by atoms with E-state index in [1.807, 2.05) is 0 Å². The van der Waals surface area contributed by atoms with Gasteiger partial charge in [0.05, 0.1) is 0 Å². The van der Waals surface area contributed by atoms with E-state index in [0.717, 1.165) is 25.5 Å². The highest BCUT2D eigenvalue weighted by Crippen LogP contribution is 2.15. The summed E-state index contributed by atoms with van der Waals surface area (Å²) in [6, 6.07) is 1.80. The molecular weight excluding hydrogens is 244 g/mol. The number of anilines is 1. The Morgan fingerprint density at radius 3 is 3.16 bits per heavy atom. The second kappa shape index (κ2) is 4.65. The van der Waals surface area contributed by atoms with Crippen LogP contribution in [0.5, 0.6) is 0 Å². The monoisotopic (exact) mass is 262 g/mol. The Labute approximate surface area is 110 Å². The molecule has 2 N–H and O–H groups in total. The lowest BCUT2D eigenvalue weighted by Gasteiger charge is -2.12. The van der Waals surface area contributed by atoms with Gasteiger partial charge >= 0.3 is 5.69 Å². The van der Waals surface area contributed by atoms with Crippen molar-refractivity contribution in [2.24, 2.45) is 5.92 Å². The molecule has 1 atom stereocenters. The first-order valence-electron chi connectivity index (χ1n) is 6.50. The van der Waals surface area contributed by atoms with Crippen LogP contribution in [0.1, 0.15) is 12.2 Å². The van der Waals surface area contributed by atoms with Crippen LogP contribution in [0, 0.1) is 12.8 Å². The molecule has 3 heterocycles. The van der Waals surface area contributed by atoms with Gasteiger partial charge in [0, 0.05) is 19.2 Å². The summed E-state index contributed by atoms with van der Waals surface area (Å²) in [4.78, 5) is 18.2. The van der Waals surface area contributed by atoms with Crippen molar-refractivity contribution >= 4 is 11.5 Å². The zero-order valence-electron chi connectivity index (χ0n) is 11.2. The molecule has 3 rings (SSSR count). The van der Waals surface area contributed by atoms with Gasteiger partial charge in [-0.15, -0.1) is 0 Å². The summed E-state index contributed by atoms with van der Waals surface area (Å²) in [6.07, 6.45) is 1.21. The number of aromatic amines is 1. The third-order valence-corrected chi connectivity index (χ3v) is 3.63. The van der Waals surface area contributed by atoms with E-state index in [1.165, 1.54) is 10.8 Å². The summed E-state index contributed by atoms with van der Waals surface area (Å²) in [5.74, 6) is 2.07. The molecule has 1 saturated heterocycles. The van der Waals surface area contributed by atoms with Crippen molar-refractivity contribution in [1.29, 1.82) is 0 Å². The summed E-state index contributed by atoms with van der Waals surface area (Å²) >= 11 is 0. The van der Waals surface area contributed by atoms with Gasteiger partial charge in [-0.05, 0) is 32.9 Å². The predicted octanol–water partition coefficient (Wildman–Crippen LogP) is 0.0896. The molecule has 19 heavy (non-hydrogen) atoms. The molecule has 0 spiro atoms. The number of aromatic nitrogens is 4. The molecule has 0 saturated carbocycles. The highest BCUT2D eigenvalue weighted by molar-refractivity contribution is 5.49. The van der Waals surface area contributed by atoms with Crippen molar-refractivity contribution < 1.29 is 0 Å². The van der Waals surface area contributed by atoms with Crippen molar-refractivity contribution in [2.45, 2.75) is 13.3 Å². The number of nitrogens with zero attached hydrogens (tertiary/aromatic N) is 4. The minimum atomic E-state index is -0.246. The van der Waals surface area contributed by atoms with Crippen molar-refractivity contribution in [3.63, 3.8) is 0 Å². The third kappa shape index (κ3) is 2.33. The number of likely N-dealkylation sites (tertiary alicyclic amines) is 1. The molecule has 0 aliphatic carbocycles. The Morgan fingerprint density at radius 1 is 1.58 bits per heavy atom. The Bertz CT molecular complexity index is 645. The molecule has 1 fully saturated rings. The van der Waals surface area contributed by atoms with E-state index < -0.39 is 0 Å². The summed E-state index contributed by atoms with van der Waals surface area (Å²) in [7, 11) is 2.14. The largest absolute Gasteiger partial charge is 0.370 e. The average Bonchev–Trinajstić information content (AvgIpc) is 2.94. The first-order chi connectivity index (χ1) is 9.13. The maximum absolute atomic E-state index is 11.5. The first kappa shape index (κ1) is 12.2. The maximum atomic E-state index is 11.5. The van der Waals surface area contributed by atoms with Gasteiger partial charge in [-0.1, -0.05) is 0 Å². The summed E-state index contributed by atoms with van der Waals surface area (Å²) in [5, 5.41) is 9.74. The van der Waals surface area contributed by atoms with Crippen LogP contribution in [0.3, 0.4) is 0 Å². The molecule has 1 aliphatic rings. The Kier molecular flexibility index (Phi) is 2.98. The average molecular weight is 262 g/mol. The number of aryl methyl sites for hydroxylation is 1. The van der Waals surface area contributed by atoms with Crippen LogP contribution in [-0.4, -0.2) is 51.2 Å². The first-order valence-corrected chi connectivity index (χ1v) is 6.50. The Balaban J connectivity index is 1.76. The van der Waals surface area contributed by atoms with Gasteiger partial charge in [0.15, 0.2) is 5.65 Å². The Morgan fingerprint density at radius 2 is 2.42 bits per heavy atom. The number of hydrogen-bond donors (Lipinski definition) is 2. The lowest BCUT2D eigenvalue weighted by atomic mass is 10.1. The zero-order valence-corrected chi connectivity index (χ0v) is 11.2. The molecule has 1 aliphatic heterocycles. The minimum absolute atomic E-state index is 0.246. The molecule has 2 aromatic rings. The van der Waals surface area contributed by atoms with Gasteiger partial charge in [-0.25, -0.2) is 19.3 Å². The molecule has 0 bridgehead atoms. The quantitative estimate of drug-likeness (QED) is 0.819. The van der Waals surface area contributed by atoms with Crippen LogP contribution in [0.4, 0.5) is 5.82 Å². The second-order valence-corrected chi connectivity index (χ2v) is 5.21. The SMILES string of the molecule is Cc1nc(NCC2CCN(C)C2)cc2n[nH]c(=O)n12. The fourth-order valence-corrected chi connectivity index (χ4v) is 2.63. The van der Waals surface area contributed by atoms with Crippen LogP contribution in [-0.2, 0) is 0 Å². The topological polar surface area (TPSA) is 78.3 Å². The molecule has 0 radical (unpaired) electrons. The number of fused-ring (bicyclic) bond motifs is 1. The third-order valence-electron chi connectivity index (χ3n) is 3.63. The maximum Gasteiger partial charge on any atom is 0.349 e. The number of rotatable bonds is 3. The molecule has 0 aromatic carbocycles. The van der Waals surface area contributed by atoms with Crippen LogP contribution >= 0.6 is 0 Å². The lowest BCUT2D eigenvalue weighted by molar-refractivity contribution is 0.399. The van der Waals surface area contributed by atoms with Crippen LogP contribution in [0.15, 0.2) is 10.9 Å². The zero-order chi connectivity index (χ0) is 13.4. The van der Waals surface area contributed by atoms with Gasteiger partial charge in [0.1, 0.15) is 11.6 Å². The highest BCUT2D eigenvalue weighted by Gasteiger charge is 2.19. The molecule has 0 amide bonds. The van der Waals surface area contributed by atoms with Gasteiger partial charge in [0.25, 0.3) is 0 Å². The Hall–Kier alpha value is -1.89. The van der Waals surface area contributed by atoms with E-state index in [9.17, 15) is 4.79 Å². The number of nitrogens with one attached hydrogen (secondary N) is 2. The smallest absolute Gasteiger partial charge is 0.349 e. The molecular formula is C12H18N6O. The van der Waals surface area contributed by atoms with Gasteiger partial charge < -0.3 is 10.2 Å².